The molecular weight excluding hydrogens is 200 g/mol. The Kier molecular flexibility index (Phi) is 3.62. The van der Waals surface area contributed by atoms with Gasteiger partial charge in [-0.1, -0.05) is 0 Å². The summed E-state index contributed by atoms with van der Waals surface area (Å²) < 4.78 is 31.8. The molecule has 1 aromatic rings. The molecule has 0 saturated carbocycles. The molecule has 2 nitrogen and oxygen atoms in total. The average molecular weight is 211 g/mol. The van der Waals surface area contributed by atoms with Crippen molar-refractivity contribution in [1.29, 1.82) is 5.26 Å². The fraction of sp³-hybridized carbons (Fsp3) is 0.364. The van der Waals surface area contributed by atoms with Crippen molar-refractivity contribution in [1.82, 2.24) is 0 Å². The first-order chi connectivity index (χ1) is 7.06. The zero-order valence-corrected chi connectivity index (χ0v) is 8.55. The molecule has 0 spiro atoms. The number of ether oxygens (including phenoxy) is 1. The minimum absolute atomic E-state index is 0.0170. The number of benzene rings is 1. The summed E-state index contributed by atoms with van der Waals surface area (Å²) in [7, 11) is 0. The molecule has 0 radical (unpaired) electrons. The Morgan fingerprint density at radius 2 is 2.07 bits per heavy atom. The second-order valence-corrected chi connectivity index (χ2v) is 3.34. The quantitative estimate of drug-likeness (QED) is 0.770. The lowest BCUT2D eigenvalue weighted by atomic mass is 10.1. The summed E-state index contributed by atoms with van der Waals surface area (Å²) in [5.41, 5.74) is -0.240. The van der Waals surface area contributed by atoms with Crippen LogP contribution in [0.2, 0.25) is 0 Å². The molecule has 0 fully saturated rings. The fourth-order valence-corrected chi connectivity index (χ4v) is 1.16. The van der Waals surface area contributed by atoms with Crippen LogP contribution in [0.5, 0.6) is 5.75 Å². The van der Waals surface area contributed by atoms with E-state index in [0.29, 0.717) is 0 Å². The van der Waals surface area contributed by atoms with E-state index in [4.69, 9.17) is 10.00 Å². The van der Waals surface area contributed by atoms with Crippen molar-refractivity contribution in [2.24, 2.45) is 0 Å². The lowest BCUT2D eigenvalue weighted by Crippen LogP contribution is -2.08. The van der Waals surface area contributed by atoms with E-state index in [1.54, 1.807) is 19.9 Å². The highest BCUT2D eigenvalue weighted by Gasteiger charge is 2.14. The predicted molar refractivity (Wildman–Crippen MR) is 51.4 cm³/mol. The van der Waals surface area contributed by atoms with Crippen molar-refractivity contribution >= 4 is 0 Å². The molecular formula is C11H11F2NO. The Morgan fingerprint density at radius 1 is 1.40 bits per heavy atom. The van der Waals surface area contributed by atoms with Crippen LogP contribution < -0.4 is 4.74 Å². The number of rotatable bonds is 3. The van der Waals surface area contributed by atoms with E-state index in [2.05, 4.69) is 0 Å². The molecule has 1 rings (SSSR count). The third kappa shape index (κ3) is 2.66. The molecule has 15 heavy (non-hydrogen) atoms. The first-order valence-corrected chi connectivity index (χ1v) is 4.56. The molecule has 0 heterocycles. The van der Waals surface area contributed by atoms with Crippen molar-refractivity contribution < 1.29 is 13.5 Å². The molecule has 1 aromatic carbocycles. The van der Waals surface area contributed by atoms with E-state index in [9.17, 15) is 8.78 Å². The van der Waals surface area contributed by atoms with E-state index >= 15 is 0 Å². The van der Waals surface area contributed by atoms with Gasteiger partial charge in [0.2, 0.25) is 0 Å². The third-order valence-electron chi connectivity index (χ3n) is 1.77. The summed E-state index contributed by atoms with van der Waals surface area (Å²) >= 11 is 0. The first-order valence-electron chi connectivity index (χ1n) is 4.56. The van der Waals surface area contributed by atoms with Crippen molar-refractivity contribution in [3.05, 3.63) is 29.3 Å². The number of hydrogen-bond donors (Lipinski definition) is 0. The standard InChI is InChI=1S/C11H11F2NO/c1-7(2)15-10-4-3-9(12)8(5-6-14)11(10)13/h3-4,7H,5H2,1-2H3. The molecule has 4 heteroatoms. The van der Waals surface area contributed by atoms with Gasteiger partial charge in [-0.15, -0.1) is 0 Å². The van der Waals surface area contributed by atoms with Gasteiger partial charge in [-0.25, -0.2) is 8.78 Å². The lowest BCUT2D eigenvalue weighted by molar-refractivity contribution is 0.230. The Hall–Kier alpha value is -1.63. The second-order valence-electron chi connectivity index (χ2n) is 3.34. The van der Waals surface area contributed by atoms with Gasteiger partial charge in [0.05, 0.1) is 18.6 Å². The fourth-order valence-electron chi connectivity index (χ4n) is 1.16. The molecule has 0 amide bonds. The van der Waals surface area contributed by atoms with Crippen LogP contribution in [0.3, 0.4) is 0 Å². The van der Waals surface area contributed by atoms with Gasteiger partial charge < -0.3 is 4.74 Å². The first kappa shape index (κ1) is 11.4. The van der Waals surface area contributed by atoms with Crippen LogP contribution in [-0.2, 0) is 6.42 Å². The van der Waals surface area contributed by atoms with E-state index in [1.165, 1.54) is 6.07 Å². The third-order valence-corrected chi connectivity index (χ3v) is 1.77. The summed E-state index contributed by atoms with van der Waals surface area (Å²) in [5, 5.41) is 8.42. The number of halogens is 2. The largest absolute Gasteiger partial charge is 0.488 e. The maximum atomic E-state index is 13.6. The molecule has 0 aliphatic rings. The zero-order valence-electron chi connectivity index (χ0n) is 8.55. The van der Waals surface area contributed by atoms with E-state index in [-0.39, 0.29) is 23.8 Å². The number of hydrogen-bond acceptors (Lipinski definition) is 2. The van der Waals surface area contributed by atoms with Gasteiger partial charge in [0.1, 0.15) is 5.82 Å². The smallest absolute Gasteiger partial charge is 0.172 e. The van der Waals surface area contributed by atoms with E-state index < -0.39 is 11.6 Å². The Balaban J connectivity index is 3.11. The van der Waals surface area contributed by atoms with Gasteiger partial charge in [0, 0.05) is 5.56 Å². The predicted octanol–water partition coefficient (Wildman–Crippen LogP) is 2.82. The maximum absolute atomic E-state index is 13.6. The summed E-state index contributed by atoms with van der Waals surface area (Å²) in [5.74, 6) is -1.52. The number of nitrogens with zero attached hydrogens (tertiary/aromatic N) is 1. The van der Waals surface area contributed by atoms with Gasteiger partial charge in [-0.3, -0.25) is 0 Å². The summed E-state index contributed by atoms with van der Waals surface area (Å²) in [6, 6.07) is 4.04. The second kappa shape index (κ2) is 4.74. The zero-order chi connectivity index (χ0) is 11.4. The Morgan fingerprint density at radius 3 is 2.60 bits per heavy atom. The van der Waals surface area contributed by atoms with Crippen molar-refractivity contribution in [3.8, 4) is 11.8 Å². The molecule has 0 N–H and O–H groups in total. The van der Waals surface area contributed by atoms with Gasteiger partial charge in [-0.05, 0) is 26.0 Å². The van der Waals surface area contributed by atoms with E-state index in [0.717, 1.165) is 6.07 Å². The molecule has 0 saturated heterocycles. The monoisotopic (exact) mass is 211 g/mol. The van der Waals surface area contributed by atoms with Gasteiger partial charge in [0.25, 0.3) is 0 Å². The van der Waals surface area contributed by atoms with Crippen LogP contribution in [0.25, 0.3) is 0 Å². The minimum Gasteiger partial charge on any atom is -0.488 e. The highest BCUT2D eigenvalue weighted by Crippen LogP contribution is 2.24. The molecule has 0 unspecified atom stereocenters. The van der Waals surface area contributed by atoms with Crippen LogP contribution in [0.1, 0.15) is 19.4 Å². The van der Waals surface area contributed by atoms with Crippen LogP contribution in [0, 0.1) is 23.0 Å². The molecule has 0 aromatic heterocycles. The van der Waals surface area contributed by atoms with Crippen LogP contribution in [-0.4, -0.2) is 6.10 Å². The highest BCUT2D eigenvalue weighted by atomic mass is 19.1. The molecule has 0 atom stereocenters. The van der Waals surface area contributed by atoms with E-state index in [1.807, 2.05) is 0 Å². The molecule has 0 aliphatic heterocycles. The maximum Gasteiger partial charge on any atom is 0.172 e. The van der Waals surface area contributed by atoms with Gasteiger partial charge >= 0.3 is 0 Å². The van der Waals surface area contributed by atoms with Crippen molar-refractivity contribution in [2.75, 3.05) is 0 Å². The van der Waals surface area contributed by atoms with Crippen molar-refractivity contribution in [2.45, 2.75) is 26.4 Å². The molecule has 0 bridgehead atoms. The normalized spacial score (nSPS) is 10.1. The summed E-state index contributed by atoms with van der Waals surface area (Å²) in [6.07, 6.45) is -0.493. The SMILES string of the molecule is CC(C)Oc1ccc(F)c(CC#N)c1F. The van der Waals surface area contributed by atoms with Crippen LogP contribution in [0.15, 0.2) is 12.1 Å². The minimum atomic E-state index is -0.787. The molecule has 80 valence electrons. The lowest BCUT2D eigenvalue weighted by Gasteiger charge is -2.12. The topological polar surface area (TPSA) is 33.0 Å². The van der Waals surface area contributed by atoms with Crippen LogP contribution >= 0.6 is 0 Å². The van der Waals surface area contributed by atoms with Gasteiger partial charge in [0.15, 0.2) is 11.6 Å². The van der Waals surface area contributed by atoms with Crippen molar-refractivity contribution in [3.63, 3.8) is 0 Å². The average Bonchev–Trinajstić information content (AvgIpc) is 2.16. The Labute approximate surface area is 87.1 Å². The Bertz CT molecular complexity index is 396. The molecule has 0 aliphatic carbocycles. The summed E-state index contributed by atoms with van der Waals surface area (Å²) in [4.78, 5) is 0. The van der Waals surface area contributed by atoms with Gasteiger partial charge in [-0.2, -0.15) is 5.26 Å². The number of nitriles is 1. The van der Waals surface area contributed by atoms with Crippen LogP contribution in [0.4, 0.5) is 8.78 Å². The summed E-state index contributed by atoms with van der Waals surface area (Å²) in [6.45, 7) is 3.49. The highest BCUT2D eigenvalue weighted by molar-refractivity contribution is 5.34.